The summed E-state index contributed by atoms with van der Waals surface area (Å²) in [6.07, 6.45) is 2.29. The summed E-state index contributed by atoms with van der Waals surface area (Å²) >= 11 is 1.75. The number of halogens is 1. The number of aromatic nitrogens is 1. The van der Waals surface area contributed by atoms with E-state index >= 15 is 0 Å². The first kappa shape index (κ1) is 21.4. The summed E-state index contributed by atoms with van der Waals surface area (Å²) < 4.78 is 0. The van der Waals surface area contributed by atoms with Gasteiger partial charge < -0.3 is 10.6 Å². The van der Waals surface area contributed by atoms with Gasteiger partial charge in [0.25, 0.3) is 0 Å². The molecule has 0 amide bonds. The van der Waals surface area contributed by atoms with Crippen molar-refractivity contribution in [3.05, 3.63) is 27.7 Å². The zero-order valence-electron chi connectivity index (χ0n) is 15.2. The van der Waals surface area contributed by atoms with Crippen LogP contribution in [0.1, 0.15) is 35.3 Å². The molecule has 0 unspecified atom stereocenters. The number of hydrogen-bond donors (Lipinski definition) is 2. The molecule has 7 heteroatoms. The summed E-state index contributed by atoms with van der Waals surface area (Å²) in [5.74, 6) is 0.883. The smallest absolute Gasteiger partial charge is 0.191 e. The second-order valence-electron chi connectivity index (χ2n) is 6.32. The molecule has 1 aromatic heterocycles. The number of aryl methyl sites for hydroxylation is 2. The molecule has 1 saturated heterocycles. The highest BCUT2D eigenvalue weighted by Crippen LogP contribution is 2.16. The van der Waals surface area contributed by atoms with Gasteiger partial charge in [0.2, 0.25) is 0 Å². The maximum Gasteiger partial charge on any atom is 0.191 e. The van der Waals surface area contributed by atoms with Gasteiger partial charge in [-0.15, -0.1) is 35.3 Å². The molecule has 1 aromatic rings. The van der Waals surface area contributed by atoms with Crippen molar-refractivity contribution in [2.75, 3.05) is 26.7 Å². The predicted octanol–water partition coefficient (Wildman–Crippen LogP) is 3.08. The summed E-state index contributed by atoms with van der Waals surface area (Å²) in [5, 5.41) is 8.08. The van der Waals surface area contributed by atoms with E-state index in [1.165, 1.54) is 10.5 Å². The molecule has 1 aliphatic rings. The summed E-state index contributed by atoms with van der Waals surface area (Å²) in [7, 11) is 1.83. The van der Waals surface area contributed by atoms with Crippen LogP contribution < -0.4 is 10.6 Å². The highest BCUT2D eigenvalue weighted by atomic mass is 127. The fraction of sp³-hybridized carbons (Fsp3) is 0.647. The molecule has 0 radical (unpaired) electrons. The molecule has 1 fully saturated rings. The van der Waals surface area contributed by atoms with Crippen LogP contribution >= 0.6 is 35.3 Å². The highest BCUT2D eigenvalue weighted by molar-refractivity contribution is 14.0. The Bertz CT molecular complexity index is 561. The third-order valence-electron chi connectivity index (χ3n) is 4.06. The standard InChI is InChI=1S/C17H29N5S.HI/c1-12(2)11-22-8-6-15(7-9-22)21-17(18-5)19-10-16-13(3)20-14(4)23-16;/h15H,1,6-11H2,2-5H3,(H2,18,19,21);1H. The van der Waals surface area contributed by atoms with Gasteiger partial charge in [0.1, 0.15) is 0 Å². The largest absolute Gasteiger partial charge is 0.354 e. The van der Waals surface area contributed by atoms with E-state index in [4.69, 9.17) is 0 Å². The number of piperidine rings is 1. The minimum atomic E-state index is 0. The van der Waals surface area contributed by atoms with Crippen LogP contribution in [0.5, 0.6) is 0 Å². The lowest BCUT2D eigenvalue weighted by Crippen LogP contribution is -2.48. The van der Waals surface area contributed by atoms with E-state index < -0.39 is 0 Å². The molecule has 0 atom stereocenters. The highest BCUT2D eigenvalue weighted by Gasteiger charge is 2.19. The monoisotopic (exact) mass is 463 g/mol. The molecule has 0 aliphatic carbocycles. The Balaban J connectivity index is 0.00000288. The van der Waals surface area contributed by atoms with E-state index in [1.807, 2.05) is 14.0 Å². The SMILES string of the molecule is C=C(C)CN1CCC(NC(=NC)NCc2sc(C)nc2C)CC1.I. The molecule has 0 bridgehead atoms. The van der Waals surface area contributed by atoms with Gasteiger partial charge in [-0.05, 0) is 33.6 Å². The quantitative estimate of drug-likeness (QED) is 0.305. The Labute approximate surface area is 167 Å². The molecule has 1 aliphatic heterocycles. The van der Waals surface area contributed by atoms with Gasteiger partial charge in [-0.2, -0.15) is 0 Å². The number of rotatable bonds is 5. The normalized spacial score (nSPS) is 16.6. The number of nitrogens with zero attached hydrogens (tertiary/aromatic N) is 3. The van der Waals surface area contributed by atoms with Gasteiger partial charge in [0.05, 0.1) is 17.2 Å². The first-order chi connectivity index (χ1) is 11.0. The van der Waals surface area contributed by atoms with Crippen molar-refractivity contribution < 1.29 is 0 Å². The van der Waals surface area contributed by atoms with Crippen molar-refractivity contribution in [1.82, 2.24) is 20.5 Å². The Kier molecular flexibility index (Phi) is 9.22. The van der Waals surface area contributed by atoms with E-state index in [1.54, 1.807) is 11.3 Å². The minimum Gasteiger partial charge on any atom is -0.354 e. The molecule has 0 spiro atoms. The van der Waals surface area contributed by atoms with Gasteiger partial charge in [-0.1, -0.05) is 12.2 Å². The Morgan fingerprint density at radius 2 is 2.04 bits per heavy atom. The van der Waals surface area contributed by atoms with Gasteiger partial charge in [-0.25, -0.2) is 4.98 Å². The van der Waals surface area contributed by atoms with Crippen LogP contribution in [0.2, 0.25) is 0 Å². The number of hydrogen-bond acceptors (Lipinski definition) is 4. The average molecular weight is 463 g/mol. The summed E-state index contributed by atoms with van der Waals surface area (Å²) in [5.41, 5.74) is 2.35. The summed E-state index contributed by atoms with van der Waals surface area (Å²) in [6, 6.07) is 0.492. The van der Waals surface area contributed by atoms with E-state index in [-0.39, 0.29) is 24.0 Å². The van der Waals surface area contributed by atoms with Crippen molar-refractivity contribution in [3.63, 3.8) is 0 Å². The van der Waals surface area contributed by atoms with Crippen molar-refractivity contribution >= 4 is 41.3 Å². The molecule has 0 saturated carbocycles. The van der Waals surface area contributed by atoms with Crippen molar-refractivity contribution in [3.8, 4) is 0 Å². The fourth-order valence-corrected chi connectivity index (χ4v) is 3.78. The number of likely N-dealkylation sites (tertiary alicyclic amines) is 1. The topological polar surface area (TPSA) is 52.5 Å². The van der Waals surface area contributed by atoms with Gasteiger partial charge in [0, 0.05) is 37.6 Å². The molecular formula is C17H30IN5S. The van der Waals surface area contributed by atoms with Gasteiger partial charge in [-0.3, -0.25) is 9.89 Å². The lowest BCUT2D eigenvalue weighted by molar-refractivity contribution is 0.221. The third kappa shape index (κ3) is 6.68. The molecule has 24 heavy (non-hydrogen) atoms. The molecule has 0 aromatic carbocycles. The molecule has 2 rings (SSSR count). The zero-order chi connectivity index (χ0) is 16.8. The van der Waals surface area contributed by atoms with Crippen LogP contribution in [-0.2, 0) is 6.54 Å². The summed E-state index contributed by atoms with van der Waals surface area (Å²) in [4.78, 5) is 12.6. The van der Waals surface area contributed by atoms with Crippen LogP contribution in [0.3, 0.4) is 0 Å². The van der Waals surface area contributed by atoms with Gasteiger partial charge in [0.15, 0.2) is 5.96 Å². The van der Waals surface area contributed by atoms with Crippen molar-refractivity contribution in [2.45, 2.75) is 46.2 Å². The van der Waals surface area contributed by atoms with Gasteiger partial charge >= 0.3 is 0 Å². The van der Waals surface area contributed by atoms with E-state index in [0.29, 0.717) is 6.04 Å². The number of nitrogens with one attached hydrogen (secondary N) is 2. The minimum absolute atomic E-state index is 0. The molecule has 2 N–H and O–H groups in total. The van der Waals surface area contributed by atoms with E-state index in [9.17, 15) is 0 Å². The van der Waals surface area contributed by atoms with Crippen LogP contribution in [0.15, 0.2) is 17.1 Å². The molecule has 5 nitrogen and oxygen atoms in total. The first-order valence-corrected chi connectivity index (χ1v) is 9.06. The lowest BCUT2D eigenvalue weighted by atomic mass is 10.0. The first-order valence-electron chi connectivity index (χ1n) is 8.24. The fourth-order valence-electron chi connectivity index (χ4n) is 2.91. The zero-order valence-corrected chi connectivity index (χ0v) is 18.3. The van der Waals surface area contributed by atoms with Crippen LogP contribution in [0.4, 0.5) is 0 Å². The molecule has 2 heterocycles. The van der Waals surface area contributed by atoms with Crippen LogP contribution in [0, 0.1) is 13.8 Å². The average Bonchev–Trinajstić information content (AvgIpc) is 2.82. The molecular weight excluding hydrogens is 433 g/mol. The predicted molar refractivity (Wildman–Crippen MR) is 115 cm³/mol. The third-order valence-corrected chi connectivity index (χ3v) is 5.13. The van der Waals surface area contributed by atoms with E-state index in [0.717, 1.165) is 55.7 Å². The molecule has 136 valence electrons. The van der Waals surface area contributed by atoms with Crippen molar-refractivity contribution in [2.24, 2.45) is 4.99 Å². The Hall–Kier alpha value is -0.670. The maximum absolute atomic E-state index is 4.47. The maximum atomic E-state index is 4.47. The van der Waals surface area contributed by atoms with E-state index in [2.05, 4.69) is 45.9 Å². The van der Waals surface area contributed by atoms with Crippen LogP contribution in [0.25, 0.3) is 0 Å². The van der Waals surface area contributed by atoms with Crippen LogP contribution in [-0.4, -0.2) is 48.6 Å². The summed E-state index contributed by atoms with van der Waals surface area (Å²) in [6.45, 7) is 14.3. The second-order valence-corrected chi connectivity index (χ2v) is 7.61. The number of thiazole rings is 1. The Morgan fingerprint density at radius 3 is 2.54 bits per heavy atom. The second kappa shape index (κ2) is 10.4. The van der Waals surface area contributed by atoms with Crippen molar-refractivity contribution in [1.29, 1.82) is 0 Å². The number of aliphatic imine (C=N–C) groups is 1. The lowest BCUT2D eigenvalue weighted by Gasteiger charge is -2.33. The Morgan fingerprint density at radius 1 is 1.38 bits per heavy atom. The number of guanidine groups is 1.